The molecule has 2 heterocycles. The fraction of sp³-hybridized carbons (Fsp3) is 0.321. The molecule has 2 saturated heterocycles. The maximum atomic E-state index is 13.4. The molecule has 1 amide bonds. The van der Waals surface area contributed by atoms with E-state index >= 15 is 0 Å². The van der Waals surface area contributed by atoms with Crippen LogP contribution in [0.4, 0.5) is 4.39 Å². The molecule has 0 unspecified atom stereocenters. The molecule has 3 aromatic carbocycles. The fourth-order valence-corrected chi connectivity index (χ4v) is 7.03. The number of hydrogen-bond acceptors (Lipinski definition) is 4. The Labute approximate surface area is 221 Å². The molecule has 1 atom stereocenters. The van der Waals surface area contributed by atoms with E-state index in [2.05, 4.69) is 16.3 Å². The molecule has 9 heteroatoms. The number of amides is 1. The van der Waals surface area contributed by atoms with Gasteiger partial charge < -0.3 is 5.32 Å². The Balaban J connectivity index is 1.12. The molecule has 0 bridgehead atoms. The van der Waals surface area contributed by atoms with Gasteiger partial charge in [0.1, 0.15) is 10.7 Å². The molecule has 2 aliphatic heterocycles. The van der Waals surface area contributed by atoms with Crippen LogP contribution >= 0.6 is 11.6 Å². The summed E-state index contributed by atoms with van der Waals surface area (Å²) in [5, 5.41) is 5.22. The molecule has 0 saturated carbocycles. The predicted octanol–water partition coefficient (Wildman–Crippen LogP) is 4.73. The summed E-state index contributed by atoms with van der Waals surface area (Å²) in [6, 6.07) is 17.4. The van der Waals surface area contributed by atoms with Gasteiger partial charge in [-0.25, -0.2) is 12.8 Å². The van der Waals surface area contributed by atoms with Gasteiger partial charge in [0.2, 0.25) is 15.9 Å². The molecule has 194 valence electrons. The van der Waals surface area contributed by atoms with Crippen LogP contribution in [0, 0.1) is 5.82 Å². The fourth-order valence-electron chi connectivity index (χ4n) is 5.10. The molecule has 0 aliphatic carbocycles. The summed E-state index contributed by atoms with van der Waals surface area (Å²) in [7, 11) is -3.66. The second-order valence-corrected chi connectivity index (χ2v) is 12.0. The minimum Gasteiger partial charge on any atom is -0.348 e. The van der Waals surface area contributed by atoms with Gasteiger partial charge in [-0.2, -0.15) is 4.31 Å². The summed E-state index contributed by atoms with van der Waals surface area (Å²) in [5.41, 5.74) is 2.11. The van der Waals surface area contributed by atoms with Gasteiger partial charge in [-0.3, -0.25) is 9.69 Å². The Morgan fingerprint density at radius 2 is 1.76 bits per heavy atom. The first-order valence-corrected chi connectivity index (χ1v) is 14.2. The zero-order valence-corrected chi connectivity index (χ0v) is 21.9. The van der Waals surface area contributed by atoms with Gasteiger partial charge in [-0.1, -0.05) is 47.5 Å². The zero-order chi connectivity index (χ0) is 26.0. The van der Waals surface area contributed by atoms with Crippen molar-refractivity contribution >= 4 is 38.3 Å². The molecule has 5 rings (SSSR count). The lowest BCUT2D eigenvalue weighted by Crippen LogP contribution is -2.38. The van der Waals surface area contributed by atoms with Crippen molar-refractivity contribution in [2.45, 2.75) is 36.7 Å². The minimum absolute atomic E-state index is 0.0691. The van der Waals surface area contributed by atoms with E-state index in [1.54, 1.807) is 30.3 Å². The number of benzene rings is 3. The van der Waals surface area contributed by atoms with E-state index in [0.717, 1.165) is 48.0 Å². The number of likely N-dealkylation sites (tertiary alicyclic amines) is 1. The van der Waals surface area contributed by atoms with Crippen LogP contribution in [0.15, 0.2) is 77.2 Å². The Morgan fingerprint density at radius 3 is 2.54 bits per heavy atom. The highest BCUT2D eigenvalue weighted by molar-refractivity contribution is 7.89. The first kappa shape index (κ1) is 25.9. The van der Waals surface area contributed by atoms with Crippen LogP contribution in [0.2, 0.25) is 5.02 Å². The van der Waals surface area contributed by atoms with Gasteiger partial charge in [0.05, 0.1) is 5.02 Å². The maximum Gasteiger partial charge on any atom is 0.244 e. The third-order valence-electron chi connectivity index (χ3n) is 7.05. The third kappa shape index (κ3) is 6.04. The molecule has 1 N–H and O–H groups in total. The summed E-state index contributed by atoms with van der Waals surface area (Å²) in [4.78, 5) is 15.1. The van der Waals surface area contributed by atoms with Gasteiger partial charge in [0.25, 0.3) is 0 Å². The highest BCUT2D eigenvalue weighted by Gasteiger charge is 2.29. The number of rotatable bonds is 6. The number of nitrogens with one attached hydrogen (secondary N) is 1. The number of hydrogen-bond donors (Lipinski definition) is 1. The second-order valence-electron chi connectivity index (χ2n) is 9.69. The van der Waals surface area contributed by atoms with Crippen molar-refractivity contribution in [3.05, 3.63) is 88.7 Å². The van der Waals surface area contributed by atoms with Crippen LogP contribution in [-0.4, -0.2) is 55.8 Å². The van der Waals surface area contributed by atoms with Gasteiger partial charge in [0, 0.05) is 44.8 Å². The monoisotopic (exact) mass is 541 g/mol. The third-order valence-corrected chi connectivity index (χ3v) is 9.44. The van der Waals surface area contributed by atoms with Crippen LogP contribution in [0.1, 0.15) is 24.8 Å². The van der Waals surface area contributed by atoms with E-state index < -0.39 is 10.0 Å². The molecule has 2 fully saturated rings. The molecule has 3 aromatic rings. The molecule has 0 spiro atoms. The van der Waals surface area contributed by atoms with Gasteiger partial charge in [-0.05, 0) is 65.9 Å². The van der Waals surface area contributed by atoms with Crippen molar-refractivity contribution in [1.29, 1.82) is 0 Å². The molecule has 0 aromatic heterocycles. The van der Waals surface area contributed by atoms with Crippen LogP contribution in [0.3, 0.4) is 0 Å². The highest BCUT2D eigenvalue weighted by atomic mass is 35.5. The predicted molar refractivity (Wildman–Crippen MR) is 143 cm³/mol. The van der Waals surface area contributed by atoms with Gasteiger partial charge in [-0.15, -0.1) is 0 Å². The zero-order valence-electron chi connectivity index (χ0n) is 20.4. The lowest BCUT2D eigenvalue weighted by molar-refractivity contribution is -0.117. The number of carbonyl (C=O) groups is 1. The van der Waals surface area contributed by atoms with E-state index in [4.69, 9.17) is 11.6 Å². The molecule has 0 radical (unpaired) electrons. The summed E-state index contributed by atoms with van der Waals surface area (Å²) in [6.45, 7) is 3.07. The molecule has 6 nitrogen and oxygen atoms in total. The van der Waals surface area contributed by atoms with Crippen LogP contribution in [-0.2, 0) is 21.4 Å². The Bertz CT molecular complexity index is 1450. The standard InChI is InChI=1S/C28H29ClFN3O3S/c29-26-3-1-2-4-27(26)37(35,36)33-13-9-20(10-14-33)16-28(34)31-25-11-12-32(19-25)18-21-5-6-23-17-24(30)8-7-22(23)15-21/h1-8,15-17,25H,9-14,18-19H2,(H,31,34)/t25-/m1/s1. The van der Waals surface area contributed by atoms with Crippen molar-refractivity contribution in [2.24, 2.45) is 0 Å². The van der Waals surface area contributed by atoms with Crippen LogP contribution in [0.25, 0.3) is 10.8 Å². The van der Waals surface area contributed by atoms with E-state index in [1.165, 1.54) is 22.5 Å². The number of sulfonamides is 1. The Kier molecular flexibility index (Phi) is 7.62. The first-order valence-electron chi connectivity index (χ1n) is 12.4. The average Bonchev–Trinajstić information content (AvgIpc) is 3.31. The molecular formula is C28H29ClFN3O3S. The van der Waals surface area contributed by atoms with Crippen LogP contribution in [0.5, 0.6) is 0 Å². The van der Waals surface area contributed by atoms with Crippen LogP contribution < -0.4 is 5.32 Å². The summed E-state index contributed by atoms with van der Waals surface area (Å²) < 4.78 is 40.7. The van der Waals surface area contributed by atoms with E-state index in [1.807, 2.05) is 12.1 Å². The Morgan fingerprint density at radius 1 is 1.03 bits per heavy atom. The summed E-state index contributed by atoms with van der Waals surface area (Å²) in [5.74, 6) is -0.363. The normalized spacial score (nSPS) is 19.3. The van der Waals surface area contributed by atoms with Crippen molar-refractivity contribution in [1.82, 2.24) is 14.5 Å². The number of halogens is 2. The Hall–Kier alpha value is -2.78. The van der Waals surface area contributed by atoms with Crippen molar-refractivity contribution in [3.63, 3.8) is 0 Å². The maximum absolute atomic E-state index is 13.4. The van der Waals surface area contributed by atoms with Crippen molar-refractivity contribution in [3.8, 4) is 0 Å². The van der Waals surface area contributed by atoms with E-state index in [9.17, 15) is 17.6 Å². The smallest absolute Gasteiger partial charge is 0.244 e. The molecule has 37 heavy (non-hydrogen) atoms. The SMILES string of the molecule is O=C(C=C1CCN(S(=O)(=O)c2ccccc2Cl)CC1)N[C@@H]1CCN(Cc2ccc3cc(F)ccc3c2)C1. The van der Waals surface area contributed by atoms with Gasteiger partial charge >= 0.3 is 0 Å². The topological polar surface area (TPSA) is 69.7 Å². The number of carbonyl (C=O) groups excluding carboxylic acids is 1. The highest BCUT2D eigenvalue weighted by Crippen LogP contribution is 2.28. The first-order chi connectivity index (χ1) is 17.8. The summed E-state index contributed by atoms with van der Waals surface area (Å²) in [6.07, 6.45) is 3.53. The van der Waals surface area contributed by atoms with Crippen molar-refractivity contribution in [2.75, 3.05) is 26.2 Å². The number of fused-ring (bicyclic) bond motifs is 1. The van der Waals surface area contributed by atoms with E-state index in [0.29, 0.717) is 25.9 Å². The average molecular weight is 542 g/mol. The molecular weight excluding hydrogens is 513 g/mol. The number of piperidine rings is 1. The minimum atomic E-state index is -3.66. The number of nitrogens with zero attached hydrogens (tertiary/aromatic N) is 2. The molecule has 2 aliphatic rings. The lowest BCUT2D eigenvalue weighted by atomic mass is 10.1. The van der Waals surface area contributed by atoms with Gasteiger partial charge in [0.15, 0.2) is 0 Å². The second kappa shape index (κ2) is 10.9. The van der Waals surface area contributed by atoms with E-state index in [-0.39, 0.29) is 27.7 Å². The largest absolute Gasteiger partial charge is 0.348 e. The lowest BCUT2D eigenvalue weighted by Gasteiger charge is -2.28. The quantitative estimate of drug-likeness (QED) is 0.458. The summed E-state index contributed by atoms with van der Waals surface area (Å²) >= 11 is 6.10. The van der Waals surface area contributed by atoms with Crippen molar-refractivity contribution < 1.29 is 17.6 Å².